The molecule has 4 heteroatoms. The van der Waals surface area contributed by atoms with Crippen LogP contribution in [-0.4, -0.2) is 19.6 Å². The molecule has 0 bridgehead atoms. The Hall–Kier alpha value is -6.78. The van der Waals surface area contributed by atoms with Gasteiger partial charge in [-0.05, 0) is 127 Å². The summed E-state index contributed by atoms with van der Waals surface area (Å²) in [6.45, 7) is 27.4. The van der Waals surface area contributed by atoms with Crippen LogP contribution in [-0.2, 0) is 21.7 Å². The first-order valence-electron chi connectivity index (χ1n) is 23.4. The minimum atomic E-state index is -0.0447. The zero-order valence-electron chi connectivity index (χ0n) is 40.8. The Balaban J connectivity index is 1.18. The third kappa shape index (κ3) is 8.58. The van der Waals surface area contributed by atoms with Gasteiger partial charge in [0.1, 0.15) is 5.75 Å². The molecule has 0 saturated carbocycles. The molecule has 3 heterocycles. The van der Waals surface area contributed by atoms with E-state index in [1.54, 1.807) is 6.07 Å². The zero-order chi connectivity index (χ0) is 46.9. The first-order valence-corrected chi connectivity index (χ1v) is 23.4. The van der Waals surface area contributed by atoms with Gasteiger partial charge in [-0.15, -0.1) is 0 Å². The molecule has 3 aromatic heterocycles. The summed E-state index contributed by atoms with van der Waals surface area (Å²) in [6, 6.07) is 54.4. The molecule has 0 aliphatic carbocycles. The molecule has 0 aliphatic heterocycles. The van der Waals surface area contributed by atoms with E-state index in [1.165, 1.54) is 49.7 Å². The van der Waals surface area contributed by atoms with Crippen molar-refractivity contribution in [1.82, 2.24) is 14.5 Å². The molecule has 4 nitrogen and oxygen atoms in total. The third-order valence-corrected chi connectivity index (χ3v) is 13.1. The van der Waals surface area contributed by atoms with E-state index >= 15 is 0 Å². The molecule has 332 valence electrons. The lowest BCUT2D eigenvalue weighted by Gasteiger charge is -2.26. The summed E-state index contributed by atoms with van der Waals surface area (Å²) in [4.78, 5) is 10.3. The summed E-state index contributed by atoms with van der Waals surface area (Å²) in [7, 11) is 0. The van der Waals surface area contributed by atoms with Gasteiger partial charge in [0.2, 0.25) is 0 Å². The molecule has 0 fully saturated rings. The van der Waals surface area contributed by atoms with Crippen LogP contribution in [0.2, 0.25) is 0 Å². The van der Waals surface area contributed by atoms with Gasteiger partial charge in [-0.2, -0.15) is 0 Å². The van der Waals surface area contributed by atoms with Crippen molar-refractivity contribution in [2.24, 2.45) is 0 Å². The molecular weight excluding hydrogens is 803 g/mol. The highest BCUT2D eigenvalue weighted by atomic mass is 16.3. The fourth-order valence-corrected chi connectivity index (χ4v) is 9.05. The van der Waals surface area contributed by atoms with Gasteiger partial charge >= 0.3 is 0 Å². The van der Waals surface area contributed by atoms with Gasteiger partial charge in [0, 0.05) is 44.9 Å². The van der Waals surface area contributed by atoms with Gasteiger partial charge in [-0.3, -0.25) is 4.98 Å². The first kappa shape index (κ1) is 44.4. The first-order chi connectivity index (χ1) is 31.1. The van der Waals surface area contributed by atoms with Crippen LogP contribution in [0.1, 0.15) is 105 Å². The van der Waals surface area contributed by atoms with Crippen LogP contribution >= 0.6 is 0 Å². The van der Waals surface area contributed by atoms with E-state index in [0.29, 0.717) is 5.56 Å². The molecule has 66 heavy (non-hydrogen) atoms. The Morgan fingerprint density at radius 3 is 1.59 bits per heavy atom. The number of hydrogen-bond donors (Lipinski definition) is 1. The van der Waals surface area contributed by atoms with E-state index in [1.807, 2.05) is 30.5 Å². The minimum Gasteiger partial charge on any atom is -0.507 e. The lowest BCUT2D eigenvalue weighted by molar-refractivity contribution is 0.477. The van der Waals surface area contributed by atoms with Crippen LogP contribution in [0.5, 0.6) is 5.75 Å². The average molecular weight is 866 g/mol. The molecule has 0 unspecified atom stereocenters. The summed E-state index contributed by atoms with van der Waals surface area (Å²) in [5.74, 6) is 0.201. The van der Waals surface area contributed by atoms with Crippen LogP contribution in [0, 0.1) is 0 Å². The van der Waals surface area contributed by atoms with Crippen molar-refractivity contribution >= 4 is 21.8 Å². The number of pyridine rings is 2. The van der Waals surface area contributed by atoms with Gasteiger partial charge in [0.05, 0.1) is 28.1 Å². The van der Waals surface area contributed by atoms with Gasteiger partial charge < -0.3 is 9.67 Å². The van der Waals surface area contributed by atoms with Crippen LogP contribution in [0.25, 0.3) is 83.5 Å². The quantitative estimate of drug-likeness (QED) is 0.181. The highest BCUT2D eigenvalue weighted by molar-refractivity contribution is 6.10. The van der Waals surface area contributed by atoms with Crippen molar-refractivity contribution in [3.05, 3.63) is 180 Å². The monoisotopic (exact) mass is 865 g/mol. The second-order valence-electron chi connectivity index (χ2n) is 22.3. The Kier molecular flexibility index (Phi) is 11.0. The highest BCUT2D eigenvalue weighted by Crippen LogP contribution is 2.42. The second kappa shape index (κ2) is 16.3. The lowest BCUT2D eigenvalue weighted by Crippen LogP contribution is -2.17. The van der Waals surface area contributed by atoms with Crippen LogP contribution in [0.3, 0.4) is 0 Å². The smallest absolute Gasteiger partial charge is 0.124 e. The van der Waals surface area contributed by atoms with Gasteiger partial charge in [-0.25, -0.2) is 4.98 Å². The molecule has 0 atom stereocenters. The van der Waals surface area contributed by atoms with Crippen molar-refractivity contribution in [3.63, 3.8) is 0 Å². The van der Waals surface area contributed by atoms with E-state index in [0.717, 1.165) is 50.5 Å². The number of para-hydroxylation sites is 2. The van der Waals surface area contributed by atoms with Crippen molar-refractivity contribution in [2.75, 3.05) is 0 Å². The summed E-state index contributed by atoms with van der Waals surface area (Å²) in [5.41, 5.74) is 18.1. The highest BCUT2D eigenvalue weighted by Gasteiger charge is 2.25. The summed E-state index contributed by atoms with van der Waals surface area (Å²) < 4.78 is 2.44. The number of phenolic OH excluding ortho intramolecular Hbond substituents is 1. The molecule has 0 amide bonds. The van der Waals surface area contributed by atoms with Crippen LogP contribution in [0.4, 0.5) is 0 Å². The molecule has 0 spiro atoms. The third-order valence-electron chi connectivity index (χ3n) is 13.1. The Morgan fingerprint density at radius 2 is 0.939 bits per heavy atom. The van der Waals surface area contributed by atoms with Gasteiger partial charge in [-0.1, -0.05) is 168 Å². The normalized spacial score (nSPS) is 12.6. The van der Waals surface area contributed by atoms with E-state index in [4.69, 9.17) is 9.97 Å². The number of aromatic hydroxyl groups is 1. The summed E-state index contributed by atoms with van der Waals surface area (Å²) >= 11 is 0. The number of rotatable bonds is 6. The van der Waals surface area contributed by atoms with Crippen molar-refractivity contribution in [3.8, 4) is 67.5 Å². The molecule has 9 aromatic rings. The molecule has 6 aromatic carbocycles. The van der Waals surface area contributed by atoms with E-state index < -0.39 is 0 Å². The molecule has 0 saturated heterocycles. The predicted octanol–water partition coefficient (Wildman–Crippen LogP) is 16.8. The number of hydrogen-bond acceptors (Lipinski definition) is 3. The predicted molar refractivity (Wildman–Crippen MR) is 280 cm³/mol. The van der Waals surface area contributed by atoms with Crippen LogP contribution < -0.4 is 0 Å². The van der Waals surface area contributed by atoms with Crippen molar-refractivity contribution < 1.29 is 5.11 Å². The van der Waals surface area contributed by atoms with Crippen molar-refractivity contribution in [2.45, 2.75) is 105 Å². The van der Waals surface area contributed by atoms with Gasteiger partial charge in [0.15, 0.2) is 0 Å². The zero-order valence-corrected chi connectivity index (χ0v) is 40.8. The number of phenols is 1. The molecule has 1 N–H and O–H groups in total. The topological polar surface area (TPSA) is 50.9 Å². The van der Waals surface area contributed by atoms with E-state index in [2.05, 4.69) is 209 Å². The Labute approximate surface area is 392 Å². The second-order valence-corrected chi connectivity index (χ2v) is 22.3. The molecular formula is C62H63N3O. The maximum atomic E-state index is 11.1. The number of benzene rings is 6. The number of aromatic nitrogens is 3. The SMILES string of the molecule is CC(C)(C)c1cc(-c2cc(-c3cccc(-c4ncccc4-c4ccc5c(c4)c4ccccc4n5-c4cc(C(C)(C)C)cc(C(C)(C)C)c4)c3)nc(-c3ccccc3O)c2)cc(C(C)(C)C)c1. The molecule has 0 aliphatic rings. The largest absolute Gasteiger partial charge is 0.507 e. The maximum Gasteiger partial charge on any atom is 0.124 e. The maximum absolute atomic E-state index is 11.1. The number of fused-ring (bicyclic) bond motifs is 3. The van der Waals surface area contributed by atoms with Crippen molar-refractivity contribution in [1.29, 1.82) is 0 Å². The van der Waals surface area contributed by atoms with Gasteiger partial charge in [0.25, 0.3) is 0 Å². The summed E-state index contributed by atoms with van der Waals surface area (Å²) in [6.07, 6.45) is 1.88. The Bertz CT molecular complexity index is 3240. The fraction of sp³-hybridized carbons (Fsp3) is 0.258. The minimum absolute atomic E-state index is 0.00381. The lowest BCUT2D eigenvalue weighted by atomic mass is 9.79. The summed E-state index contributed by atoms with van der Waals surface area (Å²) in [5, 5.41) is 13.6. The standard InChI is InChI=1S/C62H63N3O/c1-59(2,3)44-30-42(31-45(35-44)60(4,5)6)43-33-53(64-54(34-43)51-22-14-16-25-57(51)66)40-19-17-20-41(29-40)58-49(23-18-28-63-58)39-26-27-56-52(32-39)50-21-13-15-24-55(50)65(56)48-37-46(61(7,8)9)36-47(38-48)62(10,11)12/h13-38,66H,1-12H3. The average Bonchev–Trinajstić information content (AvgIpc) is 3.61. The van der Waals surface area contributed by atoms with Crippen LogP contribution in [0.15, 0.2) is 158 Å². The number of nitrogens with zero attached hydrogens (tertiary/aromatic N) is 3. The molecule has 9 rings (SSSR count). The van der Waals surface area contributed by atoms with E-state index in [-0.39, 0.29) is 27.4 Å². The van der Waals surface area contributed by atoms with E-state index in [9.17, 15) is 5.11 Å². The molecule has 0 radical (unpaired) electrons. The Morgan fingerprint density at radius 1 is 0.394 bits per heavy atom. The fourth-order valence-electron chi connectivity index (χ4n) is 9.05.